The monoisotopic (exact) mass is 319 g/mol. The van der Waals surface area contributed by atoms with E-state index in [1.165, 1.54) is 0 Å². The molecule has 0 bridgehead atoms. The van der Waals surface area contributed by atoms with Crippen molar-refractivity contribution in [3.8, 4) is 0 Å². The van der Waals surface area contributed by atoms with E-state index in [4.69, 9.17) is 10.9 Å². The van der Waals surface area contributed by atoms with Gasteiger partial charge in [-0.3, -0.25) is 0 Å². The largest absolute Gasteiger partial charge is 0.409 e. The zero-order chi connectivity index (χ0) is 16.0. The minimum atomic E-state index is -4.37. The molecule has 0 spiro atoms. The van der Waals surface area contributed by atoms with E-state index in [-0.39, 0.29) is 18.9 Å². The fourth-order valence-electron chi connectivity index (χ4n) is 1.52. The molecule has 0 saturated heterocycles. The molecule has 0 fully saturated rings. The molecule has 0 heterocycles. The van der Waals surface area contributed by atoms with E-state index in [1.807, 2.05) is 0 Å². The number of halogens is 3. The van der Waals surface area contributed by atoms with Crippen LogP contribution in [0.3, 0.4) is 0 Å². The molecule has 0 saturated carbocycles. The summed E-state index contributed by atoms with van der Waals surface area (Å²) in [6.45, 7) is 3.20. The summed E-state index contributed by atoms with van der Waals surface area (Å²) >= 11 is 0. The molecule has 1 atom stereocenters. The first-order valence-electron chi connectivity index (χ1n) is 6.05. The second-order valence-electron chi connectivity index (χ2n) is 4.41. The van der Waals surface area contributed by atoms with Crippen molar-refractivity contribution >= 4 is 15.9 Å². The zero-order valence-corrected chi connectivity index (χ0v) is 12.2. The Labute approximate surface area is 116 Å². The van der Waals surface area contributed by atoms with Gasteiger partial charge in [0.1, 0.15) is 5.84 Å². The highest BCUT2D eigenvalue weighted by atomic mass is 32.2. The number of nitrogens with zero attached hydrogens (tertiary/aromatic N) is 2. The highest BCUT2D eigenvalue weighted by Gasteiger charge is 2.29. The lowest BCUT2D eigenvalue weighted by Crippen LogP contribution is -2.40. The van der Waals surface area contributed by atoms with Crippen LogP contribution < -0.4 is 5.73 Å². The van der Waals surface area contributed by atoms with E-state index in [1.54, 1.807) is 13.8 Å². The maximum Gasteiger partial charge on any atom is 0.389 e. The average molecular weight is 319 g/mol. The molecule has 1 unspecified atom stereocenters. The molecule has 0 aromatic rings. The summed E-state index contributed by atoms with van der Waals surface area (Å²) < 4.78 is 60.9. The summed E-state index contributed by atoms with van der Waals surface area (Å²) in [4.78, 5) is 0. The predicted molar refractivity (Wildman–Crippen MR) is 68.9 cm³/mol. The Hall–Kier alpha value is -1.03. The van der Waals surface area contributed by atoms with E-state index in [2.05, 4.69) is 5.16 Å². The third-order valence-corrected chi connectivity index (χ3v) is 4.71. The van der Waals surface area contributed by atoms with Crippen LogP contribution in [0, 0.1) is 5.92 Å². The Morgan fingerprint density at radius 2 is 2.00 bits per heavy atom. The molecule has 10 heteroatoms. The lowest BCUT2D eigenvalue weighted by molar-refractivity contribution is -0.134. The summed E-state index contributed by atoms with van der Waals surface area (Å²) in [6, 6.07) is 0. The van der Waals surface area contributed by atoms with E-state index in [0.29, 0.717) is 0 Å². The van der Waals surface area contributed by atoms with Crippen LogP contribution >= 0.6 is 0 Å². The number of amidine groups is 1. The number of rotatable bonds is 8. The van der Waals surface area contributed by atoms with Crippen molar-refractivity contribution in [1.29, 1.82) is 0 Å². The van der Waals surface area contributed by atoms with Crippen LogP contribution in [0.15, 0.2) is 5.16 Å². The minimum Gasteiger partial charge on any atom is -0.409 e. The number of oxime groups is 1. The standard InChI is InChI=1S/C10H20F3N3O3S/c1-3-16(7-8(2)9(14)15-17)20(18,19)6-4-5-10(11,12)13/h8,17H,3-7H2,1-2H3,(H2,14,15). The van der Waals surface area contributed by atoms with Crippen LogP contribution in [-0.2, 0) is 10.0 Å². The fourth-order valence-corrected chi connectivity index (χ4v) is 3.13. The van der Waals surface area contributed by atoms with Crippen LogP contribution in [0.4, 0.5) is 13.2 Å². The Balaban J connectivity index is 4.62. The van der Waals surface area contributed by atoms with E-state index in [0.717, 1.165) is 4.31 Å². The third kappa shape index (κ3) is 6.94. The highest BCUT2D eigenvalue weighted by Crippen LogP contribution is 2.22. The molecule has 0 amide bonds. The second-order valence-corrected chi connectivity index (χ2v) is 6.50. The average Bonchev–Trinajstić information content (AvgIpc) is 2.32. The quantitative estimate of drug-likeness (QED) is 0.306. The fraction of sp³-hybridized carbons (Fsp3) is 0.900. The summed E-state index contributed by atoms with van der Waals surface area (Å²) in [7, 11) is -3.79. The van der Waals surface area contributed by atoms with E-state index < -0.39 is 40.7 Å². The van der Waals surface area contributed by atoms with Crippen LogP contribution in [0.5, 0.6) is 0 Å². The first-order chi connectivity index (χ1) is 9.03. The summed E-state index contributed by atoms with van der Waals surface area (Å²) in [5, 5.41) is 11.3. The molecular formula is C10H20F3N3O3S. The number of hydrogen-bond acceptors (Lipinski definition) is 4. The Bertz CT molecular complexity index is 423. The zero-order valence-electron chi connectivity index (χ0n) is 11.4. The summed E-state index contributed by atoms with van der Waals surface area (Å²) in [6.07, 6.45) is -5.99. The van der Waals surface area contributed by atoms with Gasteiger partial charge in [-0.05, 0) is 6.42 Å². The van der Waals surface area contributed by atoms with E-state index in [9.17, 15) is 21.6 Å². The van der Waals surface area contributed by atoms with Gasteiger partial charge in [-0.2, -0.15) is 13.2 Å². The van der Waals surface area contributed by atoms with Crippen molar-refractivity contribution in [2.24, 2.45) is 16.8 Å². The molecule has 0 aliphatic rings. The van der Waals surface area contributed by atoms with Gasteiger partial charge in [-0.1, -0.05) is 19.0 Å². The topological polar surface area (TPSA) is 96.0 Å². The molecule has 0 aromatic heterocycles. The molecule has 20 heavy (non-hydrogen) atoms. The van der Waals surface area contributed by atoms with Crippen LogP contribution in [0.2, 0.25) is 0 Å². The van der Waals surface area contributed by atoms with Crippen molar-refractivity contribution in [2.45, 2.75) is 32.9 Å². The lowest BCUT2D eigenvalue weighted by atomic mass is 10.1. The van der Waals surface area contributed by atoms with Crippen molar-refractivity contribution in [3.05, 3.63) is 0 Å². The maximum atomic E-state index is 12.0. The number of nitrogens with two attached hydrogens (primary N) is 1. The number of alkyl halides is 3. The smallest absolute Gasteiger partial charge is 0.389 e. The Morgan fingerprint density at radius 1 is 1.45 bits per heavy atom. The van der Waals surface area contributed by atoms with Gasteiger partial charge in [-0.15, -0.1) is 0 Å². The van der Waals surface area contributed by atoms with Gasteiger partial charge >= 0.3 is 6.18 Å². The molecule has 0 radical (unpaired) electrons. The van der Waals surface area contributed by atoms with Gasteiger partial charge < -0.3 is 10.9 Å². The molecular weight excluding hydrogens is 299 g/mol. The Morgan fingerprint density at radius 3 is 2.40 bits per heavy atom. The molecule has 0 aliphatic carbocycles. The van der Waals surface area contributed by atoms with Gasteiger partial charge in [0.15, 0.2) is 0 Å². The summed E-state index contributed by atoms with van der Waals surface area (Å²) in [5.74, 6) is -1.24. The normalized spacial score (nSPS) is 15.6. The maximum absolute atomic E-state index is 12.0. The first kappa shape index (κ1) is 19.0. The van der Waals surface area contributed by atoms with E-state index >= 15 is 0 Å². The number of sulfonamides is 1. The van der Waals surface area contributed by atoms with Crippen molar-refractivity contribution in [1.82, 2.24) is 4.31 Å². The van der Waals surface area contributed by atoms with Crippen LogP contribution in [0.25, 0.3) is 0 Å². The van der Waals surface area contributed by atoms with Gasteiger partial charge in [0.25, 0.3) is 0 Å². The predicted octanol–water partition coefficient (Wildman–Crippen LogP) is 1.36. The molecule has 0 aromatic carbocycles. The van der Waals surface area contributed by atoms with Crippen LogP contribution in [-0.4, -0.2) is 48.8 Å². The van der Waals surface area contributed by atoms with Gasteiger partial charge in [0.05, 0.1) is 5.75 Å². The molecule has 3 N–H and O–H groups in total. The molecule has 120 valence electrons. The van der Waals surface area contributed by atoms with Crippen molar-refractivity contribution < 1.29 is 26.8 Å². The van der Waals surface area contributed by atoms with Crippen molar-refractivity contribution in [2.75, 3.05) is 18.8 Å². The lowest BCUT2D eigenvalue weighted by Gasteiger charge is -2.23. The van der Waals surface area contributed by atoms with Crippen molar-refractivity contribution in [3.63, 3.8) is 0 Å². The highest BCUT2D eigenvalue weighted by molar-refractivity contribution is 7.89. The third-order valence-electron chi connectivity index (χ3n) is 2.71. The molecule has 0 rings (SSSR count). The Kier molecular flexibility index (Phi) is 7.28. The first-order valence-corrected chi connectivity index (χ1v) is 7.66. The van der Waals surface area contributed by atoms with Gasteiger partial charge in [-0.25, -0.2) is 12.7 Å². The molecule has 6 nitrogen and oxygen atoms in total. The number of hydrogen-bond donors (Lipinski definition) is 2. The second kappa shape index (κ2) is 7.67. The minimum absolute atomic E-state index is 0.0409. The summed E-state index contributed by atoms with van der Waals surface area (Å²) in [5.41, 5.74) is 5.35. The van der Waals surface area contributed by atoms with Gasteiger partial charge in [0.2, 0.25) is 10.0 Å². The van der Waals surface area contributed by atoms with Crippen LogP contribution in [0.1, 0.15) is 26.7 Å². The SMILES string of the molecule is CCN(CC(C)C(N)=NO)S(=O)(=O)CCCC(F)(F)F. The molecule has 0 aliphatic heterocycles. The van der Waals surface area contributed by atoms with Gasteiger partial charge in [0, 0.05) is 25.4 Å².